The highest BCUT2D eigenvalue weighted by Gasteiger charge is 2.25. The Bertz CT molecular complexity index is 1950. The van der Waals surface area contributed by atoms with Crippen LogP contribution in [0, 0.1) is 11.7 Å². The van der Waals surface area contributed by atoms with Crippen LogP contribution in [-0.4, -0.2) is 41.8 Å². The molecule has 0 unspecified atom stereocenters. The van der Waals surface area contributed by atoms with Gasteiger partial charge in [-0.1, -0.05) is 6.42 Å². The van der Waals surface area contributed by atoms with Gasteiger partial charge in [-0.25, -0.2) is 14.4 Å². The van der Waals surface area contributed by atoms with Crippen molar-refractivity contribution in [3.05, 3.63) is 65.7 Å². The van der Waals surface area contributed by atoms with Crippen LogP contribution in [0.3, 0.4) is 0 Å². The summed E-state index contributed by atoms with van der Waals surface area (Å²) in [5.74, 6) is 0.0387. The third-order valence-electron chi connectivity index (χ3n) is 7.28. The molecule has 0 radical (unpaired) electrons. The van der Waals surface area contributed by atoms with Gasteiger partial charge in [-0.2, -0.15) is 5.10 Å². The minimum atomic E-state index is -0.445. The lowest BCUT2D eigenvalue weighted by atomic mass is 9.85. The first-order valence-corrected chi connectivity index (χ1v) is 13.7. The van der Waals surface area contributed by atoms with Crippen LogP contribution in [0.15, 0.2) is 55.0 Å². The molecule has 0 atom stereocenters. The van der Waals surface area contributed by atoms with Crippen molar-refractivity contribution in [3.63, 3.8) is 0 Å². The Hall–Kier alpha value is -4.77. The molecule has 0 bridgehead atoms. The van der Waals surface area contributed by atoms with Crippen molar-refractivity contribution in [2.24, 2.45) is 5.92 Å². The summed E-state index contributed by atoms with van der Waals surface area (Å²) in [6, 6.07) is 10.4. The van der Waals surface area contributed by atoms with Crippen LogP contribution in [0.25, 0.3) is 55.2 Å². The Morgan fingerprint density at radius 2 is 1.98 bits per heavy atom. The topological polar surface area (TPSA) is 129 Å². The average Bonchev–Trinajstić information content (AvgIpc) is 3.65. The highest BCUT2D eigenvalue weighted by molar-refractivity contribution is 7.17. The van der Waals surface area contributed by atoms with E-state index in [0.717, 1.165) is 29.7 Å². The van der Waals surface area contributed by atoms with Gasteiger partial charge in [0.2, 0.25) is 5.91 Å². The molecule has 5 aromatic heterocycles. The second-order valence-electron chi connectivity index (χ2n) is 9.89. The number of pyridine rings is 2. The molecular weight excluding hydrogens is 529 g/mol. The fourth-order valence-electron chi connectivity index (χ4n) is 4.91. The minimum Gasteiger partial charge on any atom is -0.335 e. The number of hydrogen-bond donors (Lipinski definition) is 3. The predicted molar refractivity (Wildman–Crippen MR) is 151 cm³/mol. The van der Waals surface area contributed by atoms with Crippen LogP contribution in [0.5, 0.6) is 0 Å². The number of H-pyrrole nitrogens is 2. The van der Waals surface area contributed by atoms with Crippen LogP contribution in [-0.2, 0) is 4.79 Å². The third kappa shape index (κ3) is 4.15. The molecule has 3 N–H and O–H groups in total. The molecule has 1 aliphatic rings. The lowest BCUT2D eigenvalue weighted by Gasteiger charge is -2.24. The Morgan fingerprint density at radius 1 is 1.10 bits per heavy atom. The Kier molecular flexibility index (Phi) is 5.74. The predicted octanol–water partition coefficient (Wildman–Crippen LogP) is 6.37. The first-order chi connectivity index (χ1) is 19.4. The number of rotatable bonds is 6. The number of carbonyl (C=O) groups excluding carboxylic acids is 2. The van der Waals surface area contributed by atoms with Crippen molar-refractivity contribution >= 4 is 50.8 Å². The number of nitrogens with zero attached hydrogens (tertiary/aromatic N) is 4. The van der Waals surface area contributed by atoms with E-state index in [4.69, 9.17) is 0 Å². The molecule has 5 heterocycles. The van der Waals surface area contributed by atoms with Crippen LogP contribution in [0.4, 0.5) is 10.1 Å². The number of benzene rings is 1. The molecule has 0 spiro atoms. The molecule has 1 aliphatic carbocycles. The molecule has 1 aromatic carbocycles. The molecule has 40 heavy (non-hydrogen) atoms. The lowest BCUT2D eigenvalue weighted by Crippen LogP contribution is -2.28. The number of Topliss-reactive ketones (excluding diaryl/α,β-unsaturated/α-hetero) is 1. The number of imidazole rings is 1. The van der Waals surface area contributed by atoms with E-state index in [2.05, 4.69) is 35.5 Å². The van der Waals surface area contributed by atoms with E-state index in [1.807, 2.05) is 18.2 Å². The van der Waals surface area contributed by atoms with Gasteiger partial charge in [-0.05, 0) is 50.1 Å². The largest absolute Gasteiger partial charge is 0.335 e. The normalized spacial score (nSPS) is 13.6. The van der Waals surface area contributed by atoms with Crippen molar-refractivity contribution in [3.8, 4) is 33.1 Å². The number of amides is 1. The second-order valence-corrected chi connectivity index (χ2v) is 11.0. The summed E-state index contributed by atoms with van der Waals surface area (Å²) in [5.41, 5.74) is 4.50. The van der Waals surface area contributed by atoms with E-state index in [-0.39, 0.29) is 17.6 Å². The number of thiophene rings is 1. The van der Waals surface area contributed by atoms with E-state index in [0.29, 0.717) is 55.3 Å². The first kappa shape index (κ1) is 24.3. The van der Waals surface area contributed by atoms with Gasteiger partial charge in [0, 0.05) is 51.3 Å². The zero-order valence-corrected chi connectivity index (χ0v) is 22.1. The Morgan fingerprint density at radius 3 is 2.75 bits per heavy atom. The summed E-state index contributed by atoms with van der Waals surface area (Å²) in [4.78, 5) is 42.5. The lowest BCUT2D eigenvalue weighted by molar-refractivity contribution is -0.122. The monoisotopic (exact) mass is 551 g/mol. The van der Waals surface area contributed by atoms with E-state index < -0.39 is 5.82 Å². The molecule has 0 aliphatic heterocycles. The standard InChI is InChI=1S/C29H22FN7O2S/c1-14(38)23-5-6-24(40-23)18-7-8-32-27-25(18)34-28(35-27)26-20-10-19(21(30)11-22(20)36-37-26)16-9-17(13-31-12-16)33-29(39)15-3-2-4-15/h5-13,15H,2-4H2,1H3,(H,33,39)(H,36,37)(H,32,34,35). The Balaban J connectivity index is 1.28. The molecule has 11 heteroatoms. The van der Waals surface area contributed by atoms with E-state index in [9.17, 15) is 9.59 Å². The van der Waals surface area contributed by atoms with Crippen molar-refractivity contribution in [2.45, 2.75) is 26.2 Å². The van der Waals surface area contributed by atoms with Gasteiger partial charge in [0.15, 0.2) is 17.3 Å². The number of ketones is 1. The van der Waals surface area contributed by atoms with Crippen molar-refractivity contribution in [1.82, 2.24) is 30.1 Å². The number of carbonyl (C=O) groups is 2. The average molecular weight is 552 g/mol. The number of aromatic amines is 2. The number of halogens is 1. The summed E-state index contributed by atoms with van der Waals surface area (Å²) in [7, 11) is 0. The molecule has 1 fully saturated rings. The molecular formula is C29H22FN7O2S. The summed E-state index contributed by atoms with van der Waals surface area (Å²) >= 11 is 1.41. The second kappa shape index (κ2) is 9.45. The summed E-state index contributed by atoms with van der Waals surface area (Å²) in [6.45, 7) is 1.55. The summed E-state index contributed by atoms with van der Waals surface area (Å²) < 4.78 is 15.3. The maximum absolute atomic E-state index is 15.3. The maximum atomic E-state index is 15.3. The molecule has 6 aromatic rings. The van der Waals surface area contributed by atoms with Crippen LogP contribution in [0.1, 0.15) is 35.9 Å². The number of fused-ring (bicyclic) bond motifs is 2. The van der Waals surface area contributed by atoms with Gasteiger partial charge in [-0.15, -0.1) is 11.3 Å². The quantitative estimate of drug-likeness (QED) is 0.206. The maximum Gasteiger partial charge on any atom is 0.227 e. The van der Waals surface area contributed by atoms with Gasteiger partial charge >= 0.3 is 0 Å². The zero-order valence-electron chi connectivity index (χ0n) is 21.3. The van der Waals surface area contributed by atoms with E-state index >= 15 is 4.39 Å². The van der Waals surface area contributed by atoms with E-state index in [1.165, 1.54) is 17.4 Å². The molecule has 9 nitrogen and oxygen atoms in total. The number of anilines is 1. The van der Waals surface area contributed by atoms with Crippen molar-refractivity contribution < 1.29 is 14.0 Å². The molecule has 0 saturated heterocycles. The van der Waals surface area contributed by atoms with Crippen molar-refractivity contribution in [2.75, 3.05) is 5.32 Å². The smallest absolute Gasteiger partial charge is 0.227 e. The van der Waals surface area contributed by atoms with Gasteiger partial charge in [0.05, 0.1) is 27.8 Å². The first-order valence-electron chi connectivity index (χ1n) is 12.8. The van der Waals surface area contributed by atoms with Crippen LogP contribution in [0.2, 0.25) is 0 Å². The number of aromatic nitrogens is 6. The summed E-state index contributed by atoms with van der Waals surface area (Å²) in [6.07, 6.45) is 7.64. The van der Waals surface area contributed by atoms with Gasteiger partial charge < -0.3 is 10.3 Å². The number of hydrogen-bond acceptors (Lipinski definition) is 7. The fourth-order valence-corrected chi connectivity index (χ4v) is 5.84. The SMILES string of the molecule is CC(=O)c1ccc(-c2ccnc3nc(-c4n[nH]c5cc(F)c(-c6cncc(NC(=O)C7CCC7)c6)cc45)[nH]c23)s1. The fraction of sp³-hybridized carbons (Fsp3) is 0.172. The molecule has 198 valence electrons. The molecule has 1 saturated carbocycles. The highest BCUT2D eigenvalue weighted by Crippen LogP contribution is 2.36. The van der Waals surface area contributed by atoms with Gasteiger partial charge in [0.1, 0.15) is 11.5 Å². The van der Waals surface area contributed by atoms with Gasteiger partial charge in [-0.3, -0.25) is 19.7 Å². The Labute approximate surface area is 230 Å². The van der Waals surface area contributed by atoms with Crippen LogP contribution >= 0.6 is 11.3 Å². The van der Waals surface area contributed by atoms with E-state index in [1.54, 1.807) is 37.6 Å². The third-order valence-corrected chi connectivity index (χ3v) is 8.50. The number of nitrogens with one attached hydrogen (secondary N) is 3. The highest BCUT2D eigenvalue weighted by atomic mass is 32.1. The minimum absolute atomic E-state index is 0.0133. The van der Waals surface area contributed by atoms with Crippen molar-refractivity contribution in [1.29, 1.82) is 0 Å². The van der Waals surface area contributed by atoms with Gasteiger partial charge in [0.25, 0.3) is 0 Å². The van der Waals surface area contributed by atoms with Crippen LogP contribution < -0.4 is 5.32 Å². The molecule has 1 amide bonds. The molecule has 7 rings (SSSR count). The summed E-state index contributed by atoms with van der Waals surface area (Å²) in [5, 5.41) is 10.9. The zero-order chi connectivity index (χ0) is 27.4.